The van der Waals surface area contributed by atoms with Gasteiger partial charge in [0, 0.05) is 13.1 Å². The number of hydrogen-bond acceptors (Lipinski definition) is 3. The van der Waals surface area contributed by atoms with Gasteiger partial charge >= 0.3 is 0 Å². The molecule has 1 aliphatic rings. The molecule has 1 aliphatic heterocycles. The molecule has 2 unspecified atom stereocenters. The van der Waals surface area contributed by atoms with Gasteiger partial charge in [0.25, 0.3) is 0 Å². The molecule has 2 rings (SSSR count). The van der Waals surface area contributed by atoms with Crippen LogP contribution in [0, 0.1) is 5.92 Å². The minimum Gasteiger partial charge on any atom is -0.392 e. The van der Waals surface area contributed by atoms with E-state index >= 15 is 0 Å². The SMILES string of the molecule is CCN1CCC(CNC(=O)C(C(N)=S)c2ccccc2)C1. The number of nitrogens with zero attached hydrogens (tertiary/aromatic N) is 1. The lowest BCUT2D eigenvalue weighted by atomic mass is 9.98. The molecular weight excluding hydrogens is 282 g/mol. The van der Waals surface area contributed by atoms with Gasteiger partial charge in [-0.05, 0) is 31.0 Å². The lowest BCUT2D eigenvalue weighted by Gasteiger charge is -2.18. The van der Waals surface area contributed by atoms with Gasteiger partial charge in [-0.1, -0.05) is 49.5 Å². The van der Waals surface area contributed by atoms with Gasteiger partial charge in [-0.25, -0.2) is 0 Å². The molecule has 1 fully saturated rings. The zero-order valence-corrected chi connectivity index (χ0v) is 13.2. The molecule has 4 nitrogen and oxygen atoms in total. The Morgan fingerprint density at radius 1 is 1.48 bits per heavy atom. The van der Waals surface area contributed by atoms with Crippen molar-refractivity contribution in [2.45, 2.75) is 19.3 Å². The Morgan fingerprint density at radius 3 is 2.76 bits per heavy atom. The summed E-state index contributed by atoms with van der Waals surface area (Å²) in [6, 6.07) is 9.47. The van der Waals surface area contributed by atoms with E-state index in [9.17, 15) is 4.79 Å². The zero-order chi connectivity index (χ0) is 15.2. The summed E-state index contributed by atoms with van der Waals surface area (Å²) >= 11 is 5.07. The highest BCUT2D eigenvalue weighted by Crippen LogP contribution is 2.18. The predicted molar refractivity (Wildman–Crippen MR) is 89.2 cm³/mol. The third-order valence-corrected chi connectivity index (χ3v) is 4.30. The van der Waals surface area contributed by atoms with E-state index in [0.717, 1.165) is 31.6 Å². The van der Waals surface area contributed by atoms with Gasteiger partial charge in [0.05, 0.1) is 4.99 Å². The Bertz CT molecular complexity index is 492. The molecule has 0 radical (unpaired) electrons. The molecule has 0 aromatic heterocycles. The molecule has 0 aliphatic carbocycles. The Kier molecular flexibility index (Phi) is 5.70. The molecule has 5 heteroatoms. The van der Waals surface area contributed by atoms with Crippen molar-refractivity contribution in [2.24, 2.45) is 11.7 Å². The maximum atomic E-state index is 12.4. The lowest BCUT2D eigenvalue weighted by molar-refractivity contribution is -0.121. The molecule has 1 aromatic carbocycles. The summed E-state index contributed by atoms with van der Waals surface area (Å²) in [7, 11) is 0. The third-order valence-electron chi connectivity index (χ3n) is 4.06. The summed E-state index contributed by atoms with van der Waals surface area (Å²) in [4.78, 5) is 15.0. The number of benzene rings is 1. The van der Waals surface area contributed by atoms with Crippen molar-refractivity contribution in [1.29, 1.82) is 0 Å². The maximum Gasteiger partial charge on any atom is 0.234 e. The molecule has 1 saturated heterocycles. The van der Waals surface area contributed by atoms with Gasteiger partial charge < -0.3 is 16.0 Å². The largest absolute Gasteiger partial charge is 0.392 e. The molecule has 0 spiro atoms. The van der Waals surface area contributed by atoms with Crippen LogP contribution in [0.2, 0.25) is 0 Å². The third kappa shape index (κ3) is 4.25. The summed E-state index contributed by atoms with van der Waals surface area (Å²) in [5, 5.41) is 3.02. The van der Waals surface area contributed by atoms with E-state index in [-0.39, 0.29) is 10.9 Å². The first-order valence-electron chi connectivity index (χ1n) is 7.46. The van der Waals surface area contributed by atoms with Gasteiger partial charge in [-0.15, -0.1) is 0 Å². The number of hydrogen-bond donors (Lipinski definition) is 2. The van der Waals surface area contributed by atoms with Crippen molar-refractivity contribution in [2.75, 3.05) is 26.2 Å². The molecule has 3 N–H and O–H groups in total. The second-order valence-corrected chi connectivity index (χ2v) is 6.01. The minimum atomic E-state index is -0.537. The normalized spacial score (nSPS) is 20.1. The topological polar surface area (TPSA) is 58.4 Å². The highest BCUT2D eigenvalue weighted by Gasteiger charge is 2.26. The summed E-state index contributed by atoms with van der Waals surface area (Å²) in [6.07, 6.45) is 1.14. The molecule has 114 valence electrons. The van der Waals surface area contributed by atoms with Crippen molar-refractivity contribution in [3.63, 3.8) is 0 Å². The van der Waals surface area contributed by atoms with Gasteiger partial charge in [-0.3, -0.25) is 4.79 Å². The van der Waals surface area contributed by atoms with Gasteiger partial charge in [0.1, 0.15) is 5.92 Å². The number of nitrogens with two attached hydrogens (primary N) is 1. The number of amides is 1. The number of nitrogens with one attached hydrogen (secondary N) is 1. The van der Waals surface area contributed by atoms with Gasteiger partial charge in [-0.2, -0.15) is 0 Å². The fraction of sp³-hybridized carbons (Fsp3) is 0.500. The van der Waals surface area contributed by atoms with Crippen molar-refractivity contribution in [3.05, 3.63) is 35.9 Å². The quantitative estimate of drug-likeness (QED) is 0.782. The number of thiocarbonyl (C=S) groups is 1. The molecule has 2 atom stereocenters. The fourth-order valence-electron chi connectivity index (χ4n) is 2.80. The molecule has 21 heavy (non-hydrogen) atoms. The molecule has 1 amide bonds. The molecular formula is C16H23N3OS. The van der Waals surface area contributed by atoms with Crippen LogP contribution in [0.5, 0.6) is 0 Å². The van der Waals surface area contributed by atoms with E-state index in [2.05, 4.69) is 17.1 Å². The van der Waals surface area contributed by atoms with Gasteiger partial charge in [0.2, 0.25) is 5.91 Å². The van der Waals surface area contributed by atoms with E-state index in [1.165, 1.54) is 0 Å². The molecule has 1 aromatic rings. The van der Waals surface area contributed by atoms with Crippen molar-refractivity contribution in [1.82, 2.24) is 10.2 Å². The Balaban J connectivity index is 1.93. The number of carbonyl (C=O) groups is 1. The van der Waals surface area contributed by atoms with Crippen molar-refractivity contribution in [3.8, 4) is 0 Å². The Morgan fingerprint density at radius 2 is 2.19 bits per heavy atom. The monoisotopic (exact) mass is 305 g/mol. The van der Waals surface area contributed by atoms with Crippen LogP contribution in [0.25, 0.3) is 0 Å². The predicted octanol–water partition coefficient (Wildman–Crippen LogP) is 1.51. The number of likely N-dealkylation sites (tertiary alicyclic amines) is 1. The first kappa shape index (κ1) is 15.9. The Labute approximate surface area is 131 Å². The van der Waals surface area contributed by atoms with E-state index in [1.54, 1.807) is 0 Å². The van der Waals surface area contributed by atoms with E-state index < -0.39 is 5.92 Å². The van der Waals surface area contributed by atoms with Crippen LogP contribution in [0.4, 0.5) is 0 Å². The number of carbonyl (C=O) groups excluding carboxylic acids is 1. The number of rotatable bonds is 6. The van der Waals surface area contributed by atoms with Gasteiger partial charge in [0.15, 0.2) is 0 Å². The minimum absolute atomic E-state index is 0.0938. The van der Waals surface area contributed by atoms with Crippen molar-refractivity contribution >= 4 is 23.1 Å². The molecule has 0 bridgehead atoms. The average molecular weight is 305 g/mol. The van der Waals surface area contributed by atoms with Crippen LogP contribution in [0.15, 0.2) is 30.3 Å². The lowest BCUT2D eigenvalue weighted by Crippen LogP contribution is -2.39. The van der Waals surface area contributed by atoms with Crippen LogP contribution in [-0.4, -0.2) is 42.0 Å². The van der Waals surface area contributed by atoms with Crippen molar-refractivity contribution < 1.29 is 4.79 Å². The highest BCUT2D eigenvalue weighted by atomic mass is 32.1. The highest BCUT2D eigenvalue weighted by molar-refractivity contribution is 7.80. The van der Waals surface area contributed by atoms with Crippen LogP contribution in [-0.2, 0) is 4.79 Å². The molecule has 1 heterocycles. The Hall–Kier alpha value is -1.46. The summed E-state index contributed by atoms with van der Waals surface area (Å²) < 4.78 is 0. The van der Waals surface area contributed by atoms with Crippen LogP contribution >= 0.6 is 12.2 Å². The maximum absolute atomic E-state index is 12.4. The van der Waals surface area contributed by atoms with E-state index in [4.69, 9.17) is 18.0 Å². The second kappa shape index (κ2) is 7.52. The molecule has 0 saturated carbocycles. The summed E-state index contributed by atoms with van der Waals surface area (Å²) in [5.74, 6) is -0.106. The zero-order valence-electron chi connectivity index (χ0n) is 12.4. The van der Waals surface area contributed by atoms with E-state index in [1.807, 2.05) is 30.3 Å². The first-order chi connectivity index (χ1) is 10.1. The van der Waals surface area contributed by atoms with E-state index in [0.29, 0.717) is 12.5 Å². The smallest absolute Gasteiger partial charge is 0.234 e. The first-order valence-corrected chi connectivity index (χ1v) is 7.87. The standard InChI is InChI=1S/C16H23N3OS/c1-2-19-9-8-12(11-19)10-18-16(20)14(15(17)21)13-6-4-3-5-7-13/h3-7,12,14H,2,8-11H2,1H3,(H2,17,21)(H,18,20). The van der Waals surface area contributed by atoms with Crippen LogP contribution < -0.4 is 11.1 Å². The second-order valence-electron chi connectivity index (χ2n) is 5.54. The van der Waals surface area contributed by atoms with Crippen LogP contribution in [0.1, 0.15) is 24.8 Å². The summed E-state index contributed by atoms with van der Waals surface area (Å²) in [6.45, 7) is 6.11. The fourth-order valence-corrected chi connectivity index (χ4v) is 3.05. The summed E-state index contributed by atoms with van der Waals surface area (Å²) in [5.41, 5.74) is 6.61. The van der Waals surface area contributed by atoms with Crippen LogP contribution in [0.3, 0.4) is 0 Å². The average Bonchev–Trinajstić information content (AvgIpc) is 2.94.